The second-order valence-corrected chi connectivity index (χ2v) is 7.25. The zero-order valence-electron chi connectivity index (χ0n) is 15.8. The Labute approximate surface area is 168 Å². The number of aromatic nitrogens is 2. The van der Waals surface area contributed by atoms with Crippen LogP contribution in [0.2, 0.25) is 0 Å². The minimum Gasteiger partial charge on any atom is -0.419 e. The van der Waals surface area contributed by atoms with Gasteiger partial charge in [-0.1, -0.05) is 54.6 Å². The number of hydrogen-bond acceptors (Lipinski definition) is 4. The van der Waals surface area contributed by atoms with Gasteiger partial charge >= 0.3 is 0 Å². The van der Waals surface area contributed by atoms with Crippen LogP contribution in [0, 0.1) is 5.82 Å². The lowest BCUT2D eigenvalue weighted by Crippen LogP contribution is -2.35. The Morgan fingerprint density at radius 2 is 1.55 bits per heavy atom. The molecule has 0 aliphatic carbocycles. The Bertz CT molecular complexity index is 1110. The van der Waals surface area contributed by atoms with Gasteiger partial charge in [-0.15, -0.1) is 10.2 Å². The monoisotopic (exact) mass is 385 g/mol. The van der Waals surface area contributed by atoms with Crippen LogP contribution in [0.1, 0.15) is 28.6 Å². The number of nitrogens with zero attached hydrogens (tertiary/aromatic N) is 3. The van der Waals surface area contributed by atoms with Gasteiger partial charge in [0.1, 0.15) is 11.9 Å². The molecule has 0 radical (unpaired) electrons. The summed E-state index contributed by atoms with van der Waals surface area (Å²) in [7, 11) is 0. The quantitative estimate of drug-likeness (QED) is 0.494. The minimum absolute atomic E-state index is 0.228. The summed E-state index contributed by atoms with van der Waals surface area (Å²) in [5.74, 6) is 0.756. The van der Waals surface area contributed by atoms with Crippen molar-refractivity contribution < 1.29 is 8.81 Å². The highest BCUT2D eigenvalue weighted by Crippen LogP contribution is 2.33. The van der Waals surface area contributed by atoms with E-state index in [0.29, 0.717) is 11.8 Å². The first-order chi connectivity index (χ1) is 14.3. The van der Waals surface area contributed by atoms with Crippen molar-refractivity contribution in [3.8, 4) is 11.5 Å². The van der Waals surface area contributed by atoms with Crippen LogP contribution in [-0.2, 0) is 13.0 Å². The fourth-order valence-corrected chi connectivity index (χ4v) is 3.94. The average Bonchev–Trinajstić information content (AvgIpc) is 3.26. The van der Waals surface area contributed by atoms with Gasteiger partial charge in [-0.2, -0.15) is 0 Å². The Morgan fingerprint density at radius 3 is 2.34 bits per heavy atom. The van der Waals surface area contributed by atoms with Crippen LogP contribution in [0.15, 0.2) is 83.3 Å². The van der Waals surface area contributed by atoms with Gasteiger partial charge in [0, 0.05) is 18.7 Å². The fraction of sp³-hybridized carbons (Fsp3) is 0.167. The Hall–Kier alpha value is -3.31. The van der Waals surface area contributed by atoms with Crippen molar-refractivity contribution in [2.24, 2.45) is 0 Å². The molecule has 1 atom stereocenters. The molecule has 0 N–H and O–H groups in total. The molecular weight excluding hydrogens is 365 g/mol. The van der Waals surface area contributed by atoms with E-state index in [9.17, 15) is 4.39 Å². The highest BCUT2D eigenvalue weighted by atomic mass is 19.1. The topological polar surface area (TPSA) is 42.2 Å². The molecule has 1 aromatic heterocycles. The number of halogens is 1. The molecule has 0 bridgehead atoms. The van der Waals surface area contributed by atoms with Crippen LogP contribution in [0.25, 0.3) is 11.5 Å². The molecule has 144 valence electrons. The zero-order chi connectivity index (χ0) is 19.6. The second-order valence-electron chi connectivity index (χ2n) is 7.25. The standard InChI is InChI=1S/C24H20FN3O/c25-21-12-10-18(11-13-21)22(28-15-14-17-6-4-5-9-20(17)16-28)24-27-26-23(29-24)19-7-2-1-3-8-19/h1-13,22H,14-16H2/t22-/m1/s1. The summed E-state index contributed by atoms with van der Waals surface area (Å²) >= 11 is 0. The van der Waals surface area contributed by atoms with Crippen molar-refractivity contribution in [1.29, 1.82) is 0 Å². The Morgan fingerprint density at radius 1 is 0.828 bits per heavy atom. The van der Waals surface area contributed by atoms with Crippen LogP contribution >= 0.6 is 0 Å². The van der Waals surface area contributed by atoms with E-state index in [1.165, 1.54) is 23.3 Å². The maximum Gasteiger partial charge on any atom is 0.247 e. The average molecular weight is 385 g/mol. The molecule has 5 heteroatoms. The number of fused-ring (bicyclic) bond motifs is 1. The van der Waals surface area contributed by atoms with Gasteiger partial charge in [-0.25, -0.2) is 4.39 Å². The van der Waals surface area contributed by atoms with Crippen LogP contribution in [-0.4, -0.2) is 21.6 Å². The van der Waals surface area contributed by atoms with Crippen LogP contribution in [0.5, 0.6) is 0 Å². The fourth-order valence-electron chi connectivity index (χ4n) is 3.94. The van der Waals surface area contributed by atoms with Crippen molar-refractivity contribution >= 4 is 0 Å². The van der Waals surface area contributed by atoms with E-state index < -0.39 is 0 Å². The number of rotatable bonds is 4. The first kappa shape index (κ1) is 17.8. The molecule has 0 amide bonds. The molecule has 0 fully saturated rings. The van der Waals surface area contributed by atoms with Gasteiger partial charge in [0.25, 0.3) is 0 Å². The highest BCUT2D eigenvalue weighted by molar-refractivity contribution is 5.52. The first-order valence-electron chi connectivity index (χ1n) is 9.73. The summed E-state index contributed by atoms with van der Waals surface area (Å²) in [5, 5.41) is 8.64. The lowest BCUT2D eigenvalue weighted by Gasteiger charge is -2.34. The van der Waals surface area contributed by atoms with Gasteiger partial charge in [-0.05, 0) is 47.4 Å². The molecule has 0 unspecified atom stereocenters. The minimum atomic E-state index is -0.257. The molecule has 5 rings (SSSR count). The molecular formula is C24H20FN3O. The smallest absolute Gasteiger partial charge is 0.247 e. The Balaban J connectivity index is 1.53. The predicted molar refractivity (Wildman–Crippen MR) is 109 cm³/mol. The van der Waals surface area contributed by atoms with Gasteiger partial charge in [0.15, 0.2) is 0 Å². The summed E-state index contributed by atoms with van der Waals surface area (Å²) in [4.78, 5) is 2.32. The molecule has 0 spiro atoms. The molecule has 1 aliphatic heterocycles. The van der Waals surface area contributed by atoms with E-state index in [0.717, 1.165) is 30.6 Å². The first-order valence-corrected chi connectivity index (χ1v) is 9.73. The van der Waals surface area contributed by atoms with Crippen LogP contribution in [0.4, 0.5) is 4.39 Å². The third kappa shape index (κ3) is 3.57. The van der Waals surface area contributed by atoms with Gasteiger partial charge in [0.05, 0.1) is 0 Å². The maximum absolute atomic E-state index is 13.6. The summed E-state index contributed by atoms with van der Waals surface area (Å²) in [5.41, 5.74) is 4.49. The van der Waals surface area contributed by atoms with Crippen LogP contribution < -0.4 is 0 Å². The molecule has 1 aliphatic rings. The van der Waals surface area contributed by atoms with E-state index in [1.807, 2.05) is 30.3 Å². The molecule has 4 nitrogen and oxygen atoms in total. The van der Waals surface area contributed by atoms with Crippen LogP contribution in [0.3, 0.4) is 0 Å². The van der Waals surface area contributed by atoms with Crippen molar-refractivity contribution in [3.63, 3.8) is 0 Å². The van der Waals surface area contributed by atoms with Gasteiger partial charge in [-0.3, -0.25) is 4.90 Å². The zero-order valence-corrected chi connectivity index (χ0v) is 15.8. The molecule has 29 heavy (non-hydrogen) atoms. The second kappa shape index (κ2) is 7.60. The van der Waals surface area contributed by atoms with Crippen molar-refractivity contribution in [1.82, 2.24) is 15.1 Å². The lowest BCUT2D eigenvalue weighted by molar-refractivity contribution is 0.181. The van der Waals surface area contributed by atoms with Gasteiger partial charge in [0.2, 0.25) is 11.8 Å². The normalized spacial score (nSPS) is 15.1. The molecule has 3 aromatic carbocycles. The van der Waals surface area contributed by atoms with Crippen molar-refractivity contribution in [2.75, 3.05) is 6.54 Å². The van der Waals surface area contributed by atoms with E-state index in [2.05, 4.69) is 39.4 Å². The van der Waals surface area contributed by atoms with Crippen molar-refractivity contribution in [3.05, 3.63) is 107 Å². The molecule has 2 heterocycles. The number of benzene rings is 3. The van der Waals surface area contributed by atoms with E-state index in [1.54, 1.807) is 12.1 Å². The van der Waals surface area contributed by atoms with Crippen molar-refractivity contribution in [2.45, 2.75) is 19.0 Å². The molecule has 0 saturated heterocycles. The van der Waals surface area contributed by atoms with E-state index in [-0.39, 0.29) is 11.9 Å². The number of hydrogen-bond donors (Lipinski definition) is 0. The third-order valence-electron chi connectivity index (χ3n) is 5.41. The summed E-state index contributed by atoms with van der Waals surface area (Å²) in [6.07, 6.45) is 0.952. The summed E-state index contributed by atoms with van der Waals surface area (Å²) < 4.78 is 19.7. The SMILES string of the molecule is Fc1ccc([C@H](c2nnc(-c3ccccc3)o2)N2CCc3ccccc3C2)cc1. The van der Waals surface area contributed by atoms with E-state index >= 15 is 0 Å². The lowest BCUT2D eigenvalue weighted by atomic mass is 9.96. The van der Waals surface area contributed by atoms with Gasteiger partial charge < -0.3 is 4.42 Å². The highest BCUT2D eigenvalue weighted by Gasteiger charge is 2.30. The predicted octanol–water partition coefficient (Wildman–Crippen LogP) is 5.02. The van der Waals surface area contributed by atoms with E-state index in [4.69, 9.17) is 4.42 Å². The molecule has 4 aromatic rings. The molecule has 0 saturated carbocycles. The Kier molecular flexibility index (Phi) is 4.66. The maximum atomic E-state index is 13.6. The summed E-state index contributed by atoms with van der Waals surface area (Å²) in [6, 6.07) is 24.5. The third-order valence-corrected chi connectivity index (χ3v) is 5.41. The largest absolute Gasteiger partial charge is 0.419 e. The summed E-state index contributed by atoms with van der Waals surface area (Å²) in [6.45, 7) is 1.64.